The topological polar surface area (TPSA) is 68.5 Å². The first kappa shape index (κ1) is 19.9. The fourth-order valence-electron chi connectivity index (χ4n) is 2.87. The number of carbonyl (C=O) groups excluding carboxylic acids is 1. The van der Waals surface area contributed by atoms with Gasteiger partial charge in [-0.2, -0.15) is 4.98 Å². The number of rotatable bonds is 9. The summed E-state index contributed by atoms with van der Waals surface area (Å²) in [5.41, 5.74) is 0.874. The monoisotopic (exact) mass is 359 g/mol. The van der Waals surface area contributed by atoms with E-state index in [1.165, 1.54) is 0 Å². The molecule has 1 unspecified atom stereocenters. The molecule has 0 radical (unpaired) electrons. The zero-order valence-electron chi connectivity index (χ0n) is 16.4. The number of carbonyl (C=O) groups is 1. The zero-order chi connectivity index (χ0) is 19.1. The van der Waals surface area contributed by atoms with E-state index in [-0.39, 0.29) is 11.9 Å². The van der Waals surface area contributed by atoms with Crippen molar-refractivity contribution in [3.63, 3.8) is 0 Å². The van der Waals surface area contributed by atoms with Gasteiger partial charge in [-0.05, 0) is 49.9 Å². The van der Waals surface area contributed by atoms with Gasteiger partial charge in [0.05, 0.1) is 7.11 Å². The Bertz CT molecular complexity index is 695. The maximum atomic E-state index is 12.3. The van der Waals surface area contributed by atoms with E-state index >= 15 is 0 Å². The molecule has 0 aliphatic heterocycles. The molecule has 1 atom stereocenters. The van der Waals surface area contributed by atoms with Gasteiger partial charge in [-0.15, -0.1) is 0 Å². The minimum atomic E-state index is 0.160. The highest BCUT2D eigenvalue weighted by Gasteiger charge is 2.17. The standard InChI is InChI=1S/C20H29N3O3/c1-14(2)13-15(3)23(4)19(24)8-6-7-18-21-20(22-26-18)16-9-11-17(25-5)12-10-16/h9-12,14-15H,6-8,13H2,1-5H3. The second-order valence-electron chi connectivity index (χ2n) is 7.08. The van der Waals surface area contributed by atoms with Crippen LogP contribution >= 0.6 is 0 Å². The minimum absolute atomic E-state index is 0.160. The summed E-state index contributed by atoms with van der Waals surface area (Å²) in [7, 11) is 3.51. The molecular formula is C20H29N3O3. The van der Waals surface area contributed by atoms with Crippen molar-refractivity contribution in [3.05, 3.63) is 30.2 Å². The van der Waals surface area contributed by atoms with Crippen molar-refractivity contribution in [2.75, 3.05) is 14.2 Å². The summed E-state index contributed by atoms with van der Waals surface area (Å²) < 4.78 is 10.4. The van der Waals surface area contributed by atoms with Gasteiger partial charge in [0.2, 0.25) is 17.6 Å². The molecular weight excluding hydrogens is 330 g/mol. The fraction of sp³-hybridized carbons (Fsp3) is 0.550. The van der Waals surface area contributed by atoms with Gasteiger partial charge in [0.15, 0.2) is 0 Å². The molecule has 6 heteroatoms. The summed E-state index contributed by atoms with van der Waals surface area (Å²) in [6.07, 6.45) is 2.79. The highest BCUT2D eigenvalue weighted by atomic mass is 16.5. The molecule has 0 saturated heterocycles. The number of methoxy groups -OCH3 is 1. The molecule has 0 fully saturated rings. The van der Waals surface area contributed by atoms with Gasteiger partial charge in [0.1, 0.15) is 5.75 Å². The van der Waals surface area contributed by atoms with Gasteiger partial charge < -0.3 is 14.2 Å². The Hall–Kier alpha value is -2.37. The molecule has 0 N–H and O–H groups in total. The summed E-state index contributed by atoms with van der Waals surface area (Å²) >= 11 is 0. The van der Waals surface area contributed by atoms with E-state index in [4.69, 9.17) is 9.26 Å². The number of amides is 1. The first-order chi connectivity index (χ1) is 12.4. The van der Waals surface area contributed by atoms with Crippen LogP contribution in [-0.4, -0.2) is 41.1 Å². The van der Waals surface area contributed by atoms with Crippen molar-refractivity contribution in [3.8, 4) is 17.1 Å². The van der Waals surface area contributed by atoms with Gasteiger partial charge in [-0.3, -0.25) is 4.79 Å². The molecule has 2 aromatic rings. The van der Waals surface area contributed by atoms with Gasteiger partial charge >= 0.3 is 0 Å². The predicted molar refractivity (Wildman–Crippen MR) is 101 cm³/mol. The van der Waals surface area contributed by atoms with Gasteiger partial charge in [0, 0.05) is 31.5 Å². The first-order valence-electron chi connectivity index (χ1n) is 9.13. The van der Waals surface area contributed by atoms with Crippen LogP contribution in [0.25, 0.3) is 11.4 Å². The van der Waals surface area contributed by atoms with Crippen LogP contribution in [0.1, 0.15) is 45.9 Å². The van der Waals surface area contributed by atoms with Crippen LogP contribution in [0.3, 0.4) is 0 Å². The van der Waals surface area contributed by atoms with Gasteiger partial charge in [-0.1, -0.05) is 19.0 Å². The number of ether oxygens (including phenoxy) is 1. The van der Waals surface area contributed by atoms with Crippen molar-refractivity contribution < 1.29 is 14.1 Å². The molecule has 1 amide bonds. The molecule has 1 aromatic heterocycles. The number of aryl methyl sites for hydroxylation is 1. The molecule has 2 rings (SSSR count). The third kappa shape index (κ3) is 5.58. The van der Waals surface area contributed by atoms with Crippen molar-refractivity contribution in [1.29, 1.82) is 0 Å². The van der Waals surface area contributed by atoms with Gasteiger partial charge in [-0.25, -0.2) is 0 Å². The Labute approximate surface area is 155 Å². The lowest BCUT2D eigenvalue weighted by molar-refractivity contribution is -0.132. The molecule has 6 nitrogen and oxygen atoms in total. The number of benzene rings is 1. The van der Waals surface area contributed by atoms with Crippen LogP contribution in [0.2, 0.25) is 0 Å². The van der Waals surface area contributed by atoms with E-state index in [9.17, 15) is 4.79 Å². The summed E-state index contributed by atoms with van der Waals surface area (Å²) in [5.74, 6) is 2.63. The maximum Gasteiger partial charge on any atom is 0.226 e. The third-order valence-electron chi connectivity index (χ3n) is 4.46. The number of hydrogen-bond donors (Lipinski definition) is 0. The summed E-state index contributed by atoms with van der Waals surface area (Å²) in [6, 6.07) is 7.76. The lowest BCUT2D eigenvalue weighted by atomic mass is 10.0. The van der Waals surface area contributed by atoms with Crippen LogP contribution in [0.5, 0.6) is 5.75 Å². The lowest BCUT2D eigenvalue weighted by Gasteiger charge is -2.26. The van der Waals surface area contributed by atoms with Crippen LogP contribution in [0, 0.1) is 5.92 Å². The molecule has 0 aliphatic rings. The quantitative estimate of drug-likeness (QED) is 0.678. The number of nitrogens with zero attached hydrogens (tertiary/aromatic N) is 3. The Morgan fingerprint density at radius 1 is 1.23 bits per heavy atom. The zero-order valence-corrected chi connectivity index (χ0v) is 16.4. The summed E-state index contributed by atoms with van der Waals surface area (Å²) in [5, 5.41) is 4.01. The minimum Gasteiger partial charge on any atom is -0.497 e. The smallest absolute Gasteiger partial charge is 0.226 e. The highest BCUT2D eigenvalue weighted by Crippen LogP contribution is 2.20. The summed E-state index contributed by atoms with van der Waals surface area (Å²) in [4.78, 5) is 18.5. The van der Waals surface area contributed by atoms with Crippen LogP contribution < -0.4 is 4.74 Å². The van der Waals surface area contributed by atoms with Crippen LogP contribution in [-0.2, 0) is 11.2 Å². The normalized spacial score (nSPS) is 12.2. The molecule has 1 aromatic carbocycles. The molecule has 142 valence electrons. The van der Waals surface area contributed by atoms with E-state index in [1.807, 2.05) is 36.2 Å². The van der Waals surface area contributed by atoms with Crippen molar-refractivity contribution in [2.24, 2.45) is 5.92 Å². The predicted octanol–water partition coefficient (Wildman–Crippen LogP) is 3.96. The van der Waals surface area contributed by atoms with Crippen LogP contribution in [0.15, 0.2) is 28.8 Å². The second kappa shape index (κ2) is 9.36. The Kier molecular flexibility index (Phi) is 7.18. The maximum absolute atomic E-state index is 12.3. The Balaban J connectivity index is 1.83. The van der Waals surface area contributed by atoms with Crippen molar-refractivity contribution in [2.45, 2.75) is 52.5 Å². The highest BCUT2D eigenvalue weighted by molar-refractivity contribution is 5.76. The van der Waals surface area contributed by atoms with Crippen LogP contribution in [0.4, 0.5) is 0 Å². The number of aromatic nitrogens is 2. The van der Waals surface area contributed by atoms with E-state index in [0.717, 1.165) is 17.7 Å². The van der Waals surface area contributed by atoms with E-state index in [1.54, 1.807) is 7.11 Å². The van der Waals surface area contributed by atoms with E-state index < -0.39 is 0 Å². The van der Waals surface area contributed by atoms with Crippen molar-refractivity contribution in [1.82, 2.24) is 15.0 Å². The van der Waals surface area contributed by atoms with E-state index in [0.29, 0.717) is 36.9 Å². The van der Waals surface area contributed by atoms with Crippen molar-refractivity contribution >= 4 is 5.91 Å². The second-order valence-corrected chi connectivity index (χ2v) is 7.08. The average Bonchev–Trinajstić information content (AvgIpc) is 3.09. The lowest BCUT2D eigenvalue weighted by Crippen LogP contribution is -2.35. The Morgan fingerprint density at radius 3 is 2.54 bits per heavy atom. The molecule has 1 heterocycles. The SMILES string of the molecule is COc1ccc(-c2noc(CCCC(=O)N(C)C(C)CC(C)C)n2)cc1. The number of hydrogen-bond acceptors (Lipinski definition) is 5. The average molecular weight is 359 g/mol. The third-order valence-corrected chi connectivity index (χ3v) is 4.46. The molecule has 26 heavy (non-hydrogen) atoms. The fourth-order valence-corrected chi connectivity index (χ4v) is 2.87. The van der Waals surface area contributed by atoms with Gasteiger partial charge in [0.25, 0.3) is 0 Å². The molecule has 0 saturated carbocycles. The largest absolute Gasteiger partial charge is 0.497 e. The molecule has 0 aliphatic carbocycles. The van der Waals surface area contributed by atoms with E-state index in [2.05, 4.69) is 30.9 Å². The summed E-state index contributed by atoms with van der Waals surface area (Å²) in [6.45, 7) is 6.44. The molecule has 0 bridgehead atoms. The first-order valence-corrected chi connectivity index (χ1v) is 9.13. The molecule has 0 spiro atoms. The Morgan fingerprint density at radius 2 is 1.92 bits per heavy atom.